The van der Waals surface area contributed by atoms with Crippen molar-refractivity contribution in [2.24, 2.45) is 46.3 Å². The molecule has 0 aromatic rings. The van der Waals surface area contributed by atoms with Gasteiger partial charge in [-0.3, -0.25) is 0 Å². The summed E-state index contributed by atoms with van der Waals surface area (Å²) in [7, 11) is 0. The normalized spacial score (nSPS) is 55.5. The fourth-order valence-electron chi connectivity index (χ4n) is 9.61. The third-order valence-electron chi connectivity index (χ3n) is 11.3. The van der Waals surface area contributed by atoms with Gasteiger partial charge < -0.3 is 40.9 Å². The van der Waals surface area contributed by atoms with Gasteiger partial charge in [0.1, 0.15) is 11.7 Å². The van der Waals surface area contributed by atoms with Crippen molar-refractivity contribution in [3.8, 4) is 0 Å². The zero-order valence-corrected chi connectivity index (χ0v) is 21.7. The van der Waals surface area contributed by atoms with Gasteiger partial charge in [0.15, 0.2) is 0 Å². The summed E-state index contributed by atoms with van der Waals surface area (Å²) < 4.78 is 0. The Balaban J connectivity index is 1.67. The van der Waals surface area contributed by atoms with E-state index in [0.29, 0.717) is 25.7 Å². The minimum Gasteiger partial charge on any atom is -0.396 e. The largest absolute Gasteiger partial charge is 0.396 e. The number of hydrogen-bond donors (Lipinski definition) is 8. The fraction of sp³-hybridized carbons (Fsp3) is 1.00. The first-order valence-corrected chi connectivity index (χ1v) is 13.7. The molecular formula is C27H48O8. The molecule has 204 valence electrons. The second-order valence-electron chi connectivity index (χ2n) is 13.2. The van der Waals surface area contributed by atoms with Crippen LogP contribution in [0.25, 0.3) is 0 Å². The van der Waals surface area contributed by atoms with Crippen LogP contribution in [0.2, 0.25) is 0 Å². The molecule has 0 spiro atoms. The van der Waals surface area contributed by atoms with Crippen molar-refractivity contribution in [2.75, 3.05) is 6.61 Å². The van der Waals surface area contributed by atoms with Gasteiger partial charge in [-0.05, 0) is 66.6 Å². The van der Waals surface area contributed by atoms with Gasteiger partial charge >= 0.3 is 0 Å². The van der Waals surface area contributed by atoms with E-state index in [9.17, 15) is 40.9 Å². The third kappa shape index (κ3) is 3.85. The Labute approximate surface area is 209 Å². The lowest BCUT2D eigenvalue weighted by atomic mass is 9.40. The topological polar surface area (TPSA) is 162 Å². The molecule has 4 fully saturated rings. The second-order valence-corrected chi connectivity index (χ2v) is 13.2. The van der Waals surface area contributed by atoms with Crippen molar-refractivity contribution in [1.82, 2.24) is 0 Å². The highest BCUT2D eigenvalue weighted by Gasteiger charge is 2.76. The highest BCUT2D eigenvalue weighted by atomic mass is 16.4. The SMILES string of the molecule is CC(CO)CCC[C@@H](C)[C@H]1[C@@H](O)[C@@H](O)[C@@H]2[C@]1(C)CC[C@H]1[C@@]2(O)[C@H](O)[C@H](O)C2[C@@H](O)[C@@H](O)CC[C@@]21C. The first kappa shape index (κ1) is 27.7. The van der Waals surface area contributed by atoms with Gasteiger partial charge in [0, 0.05) is 18.4 Å². The zero-order valence-electron chi connectivity index (χ0n) is 21.7. The van der Waals surface area contributed by atoms with Crippen molar-refractivity contribution in [1.29, 1.82) is 0 Å². The molecule has 8 nitrogen and oxygen atoms in total. The molecule has 0 heterocycles. The third-order valence-corrected chi connectivity index (χ3v) is 11.3. The predicted octanol–water partition coefficient (Wildman–Crippen LogP) is 0.410. The van der Waals surface area contributed by atoms with Crippen LogP contribution < -0.4 is 0 Å². The summed E-state index contributed by atoms with van der Waals surface area (Å²) in [5.74, 6) is -2.15. The average Bonchev–Trinajstić information content (AvgIpc) is 3.00. The Bertz CT molecular complexity index is 765. The molecule has 0 amide bonds. The van der Waals surface area contributed by atoms with Crippen LogP contribution >= 0.6 is 0 Å². The lowest BCUT2D eigenvalue weighted by Crippen LogP contribution is -2.76. The lowest BCUT2D eigenvalue weighted by molar-refractivity contribution is -0.322. The van der Waals surface area contributed by atoms with E-state index in [4.69, 9.17) is 0 Å². The molecular weight excluding hydrogens is 452 g/mol. The van der Waals surface area contributed by atoms with Crippen LogP contribution in [0.15, 0.2) is 0 Å². The smallest absolute Gasteiger partial charge is 0.110 e. The van der Waals surface area contributed by atoms with Gasteiger partial charge in [0.2, 0.25) is 0 Å². The Kier molecular flexibility index (Phi) is 7.48. The van der Waals surface area contributed by atoms with E-state index < -0.39 is 70.8 Å². The summed E-state index contributed by atoms with van der Waals surface area (Å²) in [5, 5.41) is 88.0. The second kappa shape index (κ2) is 9.45. The Morgan fingerprint density at radius 2 is 1.43 bits per heavy atom. The molecule has 0 saturated heterocycles. The first-order chi connectivity index (χ1) is 16.3. The van der Waals surface area contributed by atoms with Crippen molar-refractivity contribution >= 4 is 0 Å². The van der Waals surface area contributed by atoms with Gasteiger partial charge in [0.05, 0.1) is 30.5 Å². The highest BCUT2D eigenvalue weighted by Crippen LogP contribution is 2.69. The maximum Gasteiger partial charge on any atom is 0.110 e. The van der Waals surface area contributed by atoms with Crippen molar-refractivity contribution in [3.63, 3.8) is 0 Å². The summed E-state index contributed by atoms with van der Waals surface area (Å²) in [5.41, 5.74) is -3.22. The van der Waals surface area contributed by atoms with Gasteiger partial charge in [-0.2, -0.15) is 0 Å². The molecule has 0 radical (unpaired) electrons. The monoisotopic (exact) mass is 500 g/mol. The van der Waals surface area contributed by atoms with Gasteiger partial charge in [-0.1, -0.05) is 40.5 Å². The number of hydrogen-bond acceptors (Lipinski definition) is 8. The minimum atomic E-state index is -1.83. The number of aliphatic hydroxyl groups is 8. The minimum absolute atomic E-state index is 0.0568. The number of aliphatic hydroxyl groups excluding tert-OH is 7. The molecule has 4 aliphatic carbocycles. The molecule has 35 heavy (non-hydrogen) atoms. The summed E-state index contributed by atoms with van der Waals surface area (Å²) in [6, 6.07) is 0. The van der Waals surface area contributed by atoms with Crippen LogP contribution in [0, 0.1) is 46.3 Å². The van der Waals surface area contributed by atoms with E-state index in [1.807, 2.05) is 20.8 Å². The van der Waals surface area contributed by atoms with E-state index in [1.165, 1.54) is 0 Å². The van der Waals surface area contributed by atoms with Crippen LogP contribution in [0.1, 0.15) is 72.6 Å². The summed E-state index contributed by atoms with van der Waals surface area (Å²) in [6.07, 6.45) is -3.02. The first-order valence-electron chi connectivity index (χ1n) is 13.7. The fourth-order valence-corrected chi connectivity index (χ4v) is 9.61. The van der Waals surface area contributed by atoms with Crippen LogP contribution in [-0.2, 0) is 0 Å². The van der Waals surface area contributed by atoms with Crippen LogP contribution in [-0.4, -0.2) is 89.7 Å². The van der Waals surface area contributed by atoms with E-state index in [0.717, 1.165) is 19.3 Å². The number of rotatable bonds is 6. The molecule has 0 aromatic heterocycles. The molecule has 0 aromatic carbocycles. The summed E-state index contributed by atoms with van der Waals surface area (Å²) >= 11 is 0. The van der Waals surface area contributed by atoms with E-state index in [2.05, 4.69) is 6.92 Å². The van der Waals surface area contributed by atoms with E-state index in [1.54, 1.807) is 0 Å². The molecule has 2 unspecified atom stereocenters. The molecule has 8 N–H and O–H groups in total. The van der Waals surface area contributed by atoms with Crippen molar-refractivity contribution in [3.05, 3.63) is 0 Å². The van der Waals surface area contributed by atoms with Crippen LogP contribution in [0.4, 0.5) is 0 Å². The highest BCUT2D eigenvalue weighted by molar-refractivity contribution is 5.25. The summed E-state index contributed by atoms with van der Waals surface area (Å²) in [4.78, 5) is 0. The van der Waals surface area contributed by atoms with Gasteiger partial charge in [-0.15, -0.1) is 0 Å². The molecule has 15 atom stereocenters. The average molecular weight is 501 g/mol. The van der Waals surface area contributed by atoms with Gasteiger partial charge in [-0.25, -0.2) is 0 Å². The van der Waals surface area contributed by atoms with E-state index >= 15 is 0 Å². The standard InChI is InChI=1S/C27H48O8/c1-13(12-28)6-5-7-14(2)17-20(31)22(33)23-26(17,4)11-9-16-25(3)10-8-15(29)19(30)18(25)21(32)24(34)27(16,23)35/h13-24,28-35H,5-12H2,1-4H3/t13?,14-,15+,16-,17+,18?,19+,20-,21-,22-,23-,24-,25-,26-,27+/m1/s1. The maximum absolute atomic E-state index is 12.3. The maximum atomic E-state index is 12.3. The summed E-state index contributed by atoms with van der Waals surface area (Å²) in [6.45, 7) is 8.11. The van der Waals surface area contributed by atoms with Crippen molar-refractivity contribution in [2.45, 2.75) is 115 Å². The number of fused-ring (bicyclic) bond motifs is 5. The quantitative estimate of drug-likeness (QED) is 0.260. The molecule has 4 saturated carbocycles. The molecule has 0 bridgehead atoms. The molecule has 4 aliphatic rings. The predicted molar refractivity (Wildman–Crippen MR) is 129 cm³/mol. The lowest BCUT2D eigenvalue weighted by Gasteiger charge is -2.67. The Morgan fingerprint density at radius 3 is 2.06 bits per heavy atom. The zero-order chi connectivity index (χ0) is 26.1. The molecule has 0 aliphatic heterocycles. The Morgan fingerprint density at radius 1 is 0.800 bits per heavy atom. The van der Waals surface area contributed by atoms with Gasteiger partial charge in [0.25, 0.3) is 0 Å². The van der Waals surface area contributed by atoms with Crippen molar-refractivity contribution < 1.29 is 40.9 Å². The molecule has 4 rings (SSSR count). The van der Waals surface area contributed by atoms with Crippen LogP contribution in [0.3, 0.4) is 0 Å². The Hall–Kier alpha value is -0.320. The van der Waals surface area contributed by atoms with Crippen LogP contribution in [0.5, 0.6) is 0 Å². The van der Waals surface area contributed by atoms with E-state index in [-0.39, 0.29) is 24.4 Å². The molecule has 8 heteroatoms.